The van der Waals surface area contributed by atoms with Crippen LogP contribution in [-0.4, -0.2) is 36.0 Å². The quantitative estimate of drug-likeness (QED) is 0.644. The molecule has 0 fully saturated rings. The molecule has 1 N–H and O–H groups in total. The molecule has 2 heterocycles. The van der Waals surface area contributed by atoms with Gasteiger partial charge in [-0.1, -0.05) is 84.9 Å². The van der Waals surface area contributed by atoms with E-state index in [2.05, 4.69) is 100 Å². The first kappa shape index (κ1) is 21.8. The van der Waals surface area contributed by atoms with Crippen LogP contribution in [0.4, 0.5) is 0 Å². The minimum atomic E-state index is 1.00. The Morgan fingerprint density at radius 3 is 1.39 bits per heavy atom. The first-order valence-corrected chi connectivity index (χ1v) is 11.7. The second-order valence-electron chi connectivity index (χ2n) is 8.67. The Bertz CT molecular complexity index is 803. The van der Waals surface area contributed by atoms with Crippen LogP contribution in [-0.2, 0) is 26.2 Å². The molecular weight excluding hydrogens is 378 g/mol. The molecule has 0 aromatic heterocycles. The van der Waals surface area contributed by atoms with Gasteiger partial charge in [0.25, 0.3) is 0 Å². The van der Waals surface area contributed by atoms with Crippen LogP contribution < -0.4 is 5.32 Å². The van der Waals surface area contributed by atoms with Crippen LogP contribution in [0.25, 0.3) is 0 Å². The van der Waals surface area contributed by atoms with Gasteiger partial charge in [-0.15, -0.1) is 0 Å². The smallest absolute Gasteiger partial charge is 0.0237 e. The Labute approximate surface area is 187 Å². The van der Waals surface area contributed by atoms with E-state index < -0.39 is 0 Å². The van der Waals surface area contributed by atoms with Gasteiger partial charge in [-0.25, -0.2) is 0 Å². The minimum absolute atomic E-state index is 1.00. The topological polar surface area (TPSA) is 18.5 Å². The third-order valence-electron chi connectivity index (χ3n) is 5.99. The molecule has 5 rings (SSSR count). The summed E-state index contributed by atoms with van der Waals surface area (Å²) >= 11 is 0. The lowest BCUT2D eigenvalue weighted by molar-refractivity contribution is 0.248. The maximum Gasteiger partial charge on any atom is 0.0237 e. The van der Waals surface area contributed by atoms with Gasteiger partial charge in [0.05, 0.1) is 0 Å². The van der Waals surface area contributed by atoms with Gasteiger partial charge in [-0.2, -0.15) is 0 Å². The van der Waals surface area contributed by atoms with Crippen molar-refractivity contribution < 1.29 is 0 Å². The fourth-order valence-corrected chi connectivity index (χ4v) is 4.36. The monoisotopic (exact) mass is 413 g/mol. The predicted molar refractivity (Wildman–Crippen MR) is 130 cm³/mol. The van der Waals surface area contributed by atoms with E-state index in [9.17, 15) is 0 Å². The average molecular weight is 414 g/mol. The highest BCUT2D eigenvalue weighted by Crippen LogP contribution is 2.15. The molecule has 0 aliphatic carbocycles. The lowest BCUT2D eigenvalue weighted by Gasteiger charge is -2.23. The molecule has 0 unspecified atom stereocenters. The van der Waals surface area contributed by atoms with E-state index >= 15 is 0 Å². The standard InChI is InChI=1S/C28H35N3/c1-3-9-25(10-4-1)21-30-19-7-17-29-18-8-20-31(22-26-11-5-2-6-12-26)24-28-15-13-27(23-30)14-16-28/h1-6,9-16,29H,7-8,17-24H2. The number of nitrogens with one attached hydrogen (secondary N) is 1. The lowest BCUT2D eigenvalue weighted by atomic mass is 10.1. The van der Waals surface area contributed by atoms with Gasteiger partial charge >= 0.3 is 0 Å². The molecular formula is C28H35N3. The maximum atomic E-state index is 3.66. The van der Waals surface area contributed by atoms with Crippen LogP contribution in [0.15, 0.2) is 84.9 Å². The summed E-state index contributed by atoms with van der Waals surface area (Å²) in [6, 6.07) is 31.0. The molecule has 0 saturated heterocycles. The van der Waals surface area contributed by atoms with Crippen molar-refractivity contribution in [3.8, 4) is 0 Å². The molecule has 2 aliphatic heterocycles. The molecule has 31 heavy (non-hydrogen) atoms. The summed E-state index contributed by atoms with van der Waals surface area (Å²) in [4.78, 5) is 5.15. The molecule has 0 atom stereocenters. The highest BCUT2D eigenvalue weighted by atomic mass is 15.1. The van der Waals surface area contributed by atoms with Gasteiger partial charge in [-0.05, 0) is 48.2 Å². The average Bonchev–Trinajstić information content (AvgIpc) is 2.81. The number of rotatable bonds is 4. The molecule has 0 amide bonds. The lowest BCUT2D eigenvalue weighted by Crippen LogP contribution is -2.29. The summed E-state index contributed by atoms with van der Waals surface area (Å²) in [5, 5.41) is 3.66. The van der Waals surface area contributed by atoms with E-state index in [1.807, 2.05) is 0 Å². The first-order valence-electron chi connectivity index (χ1n) is 11.7. The second-order valence-corrected chi connectivity index (χ2v) is 8.67. The van der Waals surface area contributed by atoms with Gasteiger partial charge in [-0.3, -0.25) is 9.80 Å². The fourth-order valence-electron chi connectivity index (χ4n) is 4.36. The summed E-state index contributed by atoms with van der Waals surface area (Å²) in [5.41, 5.74) is 5.58. The molecule has 3 heteroatoms. The Morgan fingerprint density at radius 2 is 0.968 bits per heavy atom. The maximum absolute atomic E-state index is 3.66. The zero-order valence-electron chi connectivity index (χ0n) is 18.5. The van der Waals surface area contributed by atoms with Gasteiger partial charge in [0.1, 0.15) is 0 Å². The third kappa shape index (κ3) is 7.32. The summed E-state index contributed by atoms with van der Waals surface area (Å²) in [6.45, 7) is 8.42. The summed E-state index contributed by atoms with van der Waals surface area (Å²) in [7, 11) is 0. The molecule has 2 bridgehead atoms. The van der Waals surface area contributed by atoms with Crippen LogP contribution in [0, 0.1) is 0 Å². The molecule has 162 valence electrons. The van der Waals surface area contributed by atoms with Gasteiger partial charge in [0.2, 0.25) is 0 Å². The normalized spacial score (nSPS) is 17.2. The Hall–Kier alpha value is -2.46. The van der Waals surface area contributed by atoms with Crippen LogP contribution in [0.3, 0.4) is 0 Å². The molecule has 0 spiro atoms. The van der Waals surface area contributed by atoms with Crippen molar-refractivity contribution in [1.29, 1.82) is 0 Å². The first-order chi connectivity index (χ1) is 15.3. The van der Waals surface area contributed by atoms with Crippen molar-refractivity contribution in [2.24, 2.45) is 0 Å². The number of benzene rings is 3. The summed E-state index contributed by atoms with van der Waals surface area (Å²) in [5.74, 6) is 0. The summed E-state index contributed by atoms with van der Waals surface area (Å²) in [6.07, 6.45) is 2.36. The third-order valence-corrected chi connectivity index (χ3v) is 5.99. The SMILES string of the molecule is c1ccc(CN2CCCNCCCN(Cc3ccccc3)Cc3ccc(cc3)C2)cc1. The summed E-state index contributed by atoms with van der Waals surface area (Å²) < 4.78 is 0. The van der Waals surface area contributed by atoms with E-state index in [4.69, 9.17) is 0 Å². The van der Waals surface area contributed by atoms with Crippen LogP contribution >= 0.6 is 0 Å². The number of fused-ring (bicyclic) bond motifs is 12. The van der Waals surface area contributed by atoms with Crippen molar-refractivity contribution in [3.63, 3.8) is 0 Å². The van der Waals surface area contributed by atoms with Crippen LogP contribution in [0.2, 0.25) is 0 Å². The van der Waals surface area contributed by atoms with Crippen molar-refractivity contribution in [2.45, 2.75) is 39.0 Å². The predicted octanol–water partition coefficient (Wildman–Crippen LogP) is 5.07. The largest absolute Gasteiger partial charge is 0.317 e. The fraction of sp³-hybridized carbons (Fsp3) is 0.357. The van der Waals surface area contributed by atoms with E-state index in [1.165, 1.54) is 35.1 Å². The number of hydrogen-bond acceptors (Lipinski definition) is 3. The van der Waals surface area contributed by atoms with Gasteiger partial charge in [0.15, 0.2) is 0 Å². The van der Waals surface area contributed by atoms with Crippen LogP contribution in [0.5, 0.6) is 0 Å². The van der Waals surface area contributed by atoms with E-state index in [0.717, 1.165) is 52.4 Å². The van der Waals surface area contributed by atoms with E-state index in [1.54, 1.807) is 0 Å². The molecule has 3 aromatic carbocycles. The Morgan fingerprint density at radius 1 is 0.548 bits per heavy atom. The second kappa shape index (κ2) is 11.8. The van der Waals surface area contributed by atoms with Gasteiger partial charge < -0.3 is 5.32 Å². The Kier molecular flexibility index (Phi) is 8.29. The van der Waals surface area contributed by atoms with Crippen molar-refractivity contribution in [1.82, 2.24) is 15.1 Å². The molecule has 0 radical (unpaired) electrons. The highest BCUT2D eigenvalue weighted by molar-refractivity contribution is 5.23. The van der Waals surface area contributed by atoms with Crippen molar-refractivity contribution in [2.75, 3.05) is 26.2 Å². The van der Waals surface area contributed by atoms with Crippen LogP contribution in [0.1, 0.15) is 35.1 Å². The number of nitrogens with zero attached hydrogens (tertiary/aromatic N) is 2. The van der Waals surface area contributed by atoms with Crippen molar-refractivity contribution in [3.05, 3.63) is 107 Å². The number of hydrogen-bond donors (Lipinski definition) is 1. The van der Waals surface area contributed by atoms with Crippen molar-refractivity contribution >= 4 is 0 Å². The minimum Gasteiger partial charge on any atom is -0.317 e. The van der Waals surface area contributed by atoms with Gasteiger partial charge in [0, 0.05) is 39.3 Å². The molecule has 2 aliphatic rings. The van der Waals surface area contributed by atoms with E-state index in [0.29, 0.717) is 0 Å². The molecule has 3 aromatic rings. The zero-order valence-corrected chi connectivity index (χ0v) is 18.5. The Balaban J connectivity index is 1.45. The zero-order chi connectivity index (χ0) is 21.1. The molecule has 0 saturated carbocycles. The highest BCUT2D eigenvalue weighted by Gasteiger charge is 2.11. The molecule has 3 nitrogen and oxygen atoms in total. The van der Waals surface area contributed by atoms with E-state index in [-0.39, 0.29) is 0 Å².